The van der Waals surface area contributed by atoms with Crippen LogP contribution in [0.2, 0.25) is 0 Å². The van der Waals surface area contributed by atoms with Gasteiger partial charge in [0.2, 0.25) is 0 Å². The molecule has 0 N–H and O–H groups in total. The minimum Gasteiger partial charge on any atom is -0.465 e. The monoisotopic (exact) mass is 461 g/mol. The second kappa shape index (κ2) is 9.78. The molecule has 1 aliphatic rings. The van der Waals surface area contributed by atoms with Gasteiger partial charge < -0.3 is 14.4 Å². The van der Waals surface area contributed by atoms with Crippen molar-refractivity contribution in [3.8, 4) is 0 Å². The van der Waals surface area contributed by atoms with Crippen LogP contribution >= 0.6 is 11.8 Å². The molecule has 0 spiro atoms. The van der Waals surface area contributed by atoms with Gasteiger partial charge in [-0.1, -0.05) is 23.9 Å². The zero-order valence-corrected chi connectivity index (χ0v) is 17.9. The predicted octanol–water partition coefficient (Wildman–Crippen LogP) is 5.35. The molecule has 0 bridgehead atoms. The van der Waals surface area contributed by atoms with Crippen molar-refractivity contribution < 1.29 is 32.2 Å². The van der Waals surface area contributed by atoms with Crippen LogP contribution in [0.4, 0.5) is 18.9 Å². The number of anilines is 1. The van der Waals surface area contributed by atoms with Crippen molar-refractivity contribution in [1.82, 2.24) is 0 Å². The van der Waals surface area contributed by atoms with E-state index >= 15 is 0 Å². The lowest BCUT2D eigenvalue weighted by Crippen LogP contribution is -2.26. The van der Waals surface area contributed by atoms with Gasteiger partial charge in [-0.15, -0.1) is 0 Å². The van der Waals surface area contributed by atoms with E-state index < -0.39 is 23.7 Å². The van der Waals surface area contributed by atoms with Crippen LogP contribution in [0.15, 0.2) is 94.0 Å². The highest BCUT2D eigenvalue weighted by molar-refractivity contribution is 7.99. The zero-order valence-electron chi connectivity index (χ0n) is 17.1. The van der Waals surface area contributed by atoms with E-state index in [0.717, 1.165) is 12.1 Å². The fraction of sp³-hybridized carbons (Fsp3) is 0.130. The SMILES string of the molecule is COC(=O)C1=C(C(=O)OC)N(c2ccc(Sc3cccc(C(F)(F)F)c3)cc2)C=CC=C1. The molecule has 0 saturated heterocycles. The number of esters is 2. The number of halogens is 3. The fourth-order valence-corrected chi connectivity index (χ4v) is 3.79. The van der Waals surface area contributed by atoms with Crippen molar-refractivity contribution in [1.29, 1.82) is 0 Å². The molecule has 0 unspecified atom stereocenters. The summed E-state index contributed by atoms with van der Waals surface area (Å²) in [7, 11) is 2.41. The Bertz CT molecular complexity index is 1100. The third-order valence-corrected chi connectivity index (χ3v) is 5.40. The molecule has 0 radical (unpaired) electrons. The molecule has 2 aromatic carbocycles. The van der Waals surface area contributed by atoms with Crippen molar-refractivity contribution in [2.75, 3.05) is 19.1 Å². The van der Waals surface area contributed by atoms with Gasteiger partial charge in [0, 0.05) is 21.7 Å². The third-order valence-electron chi connectivity index (χ3n) is 4.40. The minimum absolute atomic E-state index is 0.0202. The number of rotatable bonds is 5. The molecule has 32 heavy (non-hydrogen) atoms. The Morgan fingerprint density at radius 2 is 1.59 bits per heavy atom. The Morgan fingerprint density at radius 3 is 2.22 bits per heavy atom. The van der Waals surface area contributed by atoms with Gasteiger partial charge in [-0.3, -0.25) is 0 Å². The number of carbonyl (C=O) groups excluding carboxylic acids is 2. The van der Waals surface area contributed by atoms with Gasteiger partial charge >= 0.3 is 18.1 Å². The van der Waals surface area contributed by atoms with Crippen LogP contribution < -0.4 is 4.90 Å². The molecule has 0 amide bonds. The van der Waals surface area contributed by atoms with Crippen molar-refractivity contribution in [3.05, 3.63) is 89.8 Å². The van der Waals surface area contributed by atoms with Gasteiger partial charge in [0.05, 0.1) is 25.4 Å². The molecule has 2 aromatic rings. The first-order valence-electron chi connectivity index (χ1n) is 9.25. The summed E-state index contributed by atoms with van der Waals surface area (Å²) < 4.78 is 48.5. The van der Waals surface area contributed by atoms with E-state index in [-0.39, 0.29) is 11.3 Å². The number of hydrogen-bond donors (Lipinski definition) is 0. The number of benzene rings is 2. The zero-order chi connectivity index (χ0) is 23.3. The van der Waals surface area contributed by atoms with E-state index in [9.17, 15) is 22.8 Å². The Hall–Kier alpha value is -3.46. The van der Waals surface area contributed by atoms with Gasteiger partial charge in [0.25, 0.3) is 0 Å². The normalized spacial score (nSPS) is 13.7. The van der Waals surface area contributed by atoms with E-state index in [1.165, 1.54) is 43.0 Å². The number of nitrogens with zero attached hydrogens (tertiary/aromatic N) is 1. The average molecular weight is 461 g/mol. The van der Waals surface area contributed by atoms with Gasteiger partial charge in [-0.25, -0.2) is 9.59 Å². The molecule has 0 fully saturated rings. The first-order chi connectivity index (χ1) is 15.2. The molecule has 166 valence electrons. The molecule has 1 heterocycles. The maximum atomic E-state index is 12.9. The van der Waals surface area contributed by atoms with E-state index in [0.29, 0.717) is 15.5 Å². The number of allylic oxidation sites excluding steroid dienone is 2. The summed E-state index contributed by atoms with van der Waals surface area (Å²) in [6.07, 6.45) is 1.86. The molecule has 1 aliphatic heterocycles. The lowest BCUT2D eigenvalue weighted by Gasteiger charge is -2.23. The Balaban J connectivity index is 1.92. The summed E-state index contributed by atoms with van der Waals surface area (Å²) in [6.45, 7) is 0. The minimum atomic E-state index is -4.42. The van der Waals surface area contributed by atoms with Crippen LogP contribution in [-0.2, 0) is 25.2 Å². The second-order valence-corrected chi connectivity index (χ2v) is 7.58. The van der Waals surface area contributed by atoms with Crippen LogP contribution in [0.1, 0.15) is 5.56 Å². The Morgan fingerprint density at radius 1 is 0.906 bits per heavy atom. The first kappa shape index (κ1) is 23.2. The average Bonchev–Trinajstić information content (AvgIpc) is 3.01. The summed E-state index contributed by atoms with van der Waals surface area (Å²) in [5.74, 6) is -1.43. The first-order valence-corrected chi connectivity index (χ1v) is 10.1. The highest BCUT2D eigenvalue weighted by atomic mass is 32.2. The fourth-order valence-electron chi connectivity index (χ4n) is 2.91. The van der Waals surface area contributed by atoms with Crippen LogP contribution in [-0.4, -0.2) is 26.2 Å². The summed E-state index contributed by atoms with van der Waals surface area (Å²) in [4.78, 5) is 27.3. The maximum absolute atomic E-state index is 12.9. The molecule has 0 aliphatic carbocycles. The smallest absolute Gasteiger partial charge is 0.416 e. The second-order valence-electron chi connectivity index (χ2n) is 6.44. The van der Waals surface area contributed by atoms with Gasteiger partial charge in [0.15, 0.2) is 0 Å². The molecular weight excluding hydrogens is 443 g/mol. The van der Waals surface area contributed by atoms with E-state index in [2.05, 4.69) is 0 Å². The van der Waals surface area contributed by atoms with Crippen molar-refractivity contribution in [2.45, 2.75) is 16.0 Å². The van der Waals surface area contributed by atoms with Crippen molar-refractivity contribution >= 4 is 29.4 Å². The summed E-state index contributed by atoms with van der Waals surface area (Å²) in [5.41, 5.74) is -0.181. The number of alkyl halides is 3. The van der Waals surface area contributed by atoms with Crippen molar-refractivity contribution in [3.63, 3.8) is 0 Å². The number of hydrogen-bond acceptors (Lipinski definition) is 6. The number of carbonyl (C=O) groups is 2. The molecule has 5 nitrogen and oxygen atoms in total. The van der Waals surface area contributed by atoms with Crippen LogP contribution in [0.5, 0.6) is 0 Å². The highest BCUT2D eigenvalue weighted by Crippen LogP contribution is 2.35. The highest BCUT2D eigenvalue weighted by Gasteiger charge is 2.30. The molecule has 3 rings (SSSR count). The van der Waals surface area contributed by atoms with Gasteiger partial charge in [-0.05, 0) is 54.6 Å². The summed E-state index contributed by atoms with van der Waals surface area (Å²) in [5, 5.41) is 0. The van der Waals surface area contributed by atoms with Crippen molar-refractivity contribution in [2.24, 2.45) is 0 Å². The summed E-state index contributed by atoms with van der Waals surface area (Å²) >= 11 is 1.17. The quantitative estimate of drug-likeness (QED) is 0.560. The maximum Gasteiger partial charge on any atom is 0.416 e. The molecule has 0 saturated carbocycles. The third kappa shape index (κ3) is 5.23. The van der Waals surface area contributed by atoms with Crippen LogP contribution in [0.3, 0.4) is 0 Å². The Labute approximate surface area is 186 Å². The number of ether oxygens (including phenoxy) is 2. The van der Waals surface area contributed by atoms with Gasteiger partial charge in [-0.2, -0.15) is 13.2 Å². The number of methoxy groups -OCH3 is 2. The van der Waals surface area contributed by atoms with E-state index in [4.69, 9.17) is 9.47 Å². The topological polar surface area (TPSA) is 55.8 Å². The molecule has 0 atom stereocenters. The largest absolute Gasteiger partial charge is 0.465 e. The molecular formula is C23H18F3NO4S. The predicted molar refractivity (Wildman–Crippen MR) is 114 cm³/mol. The van der Waals surface area contributed by atoms with Gasteiger partial charge in [0.1, 0.15) is 5.70 Å². The lowest BCUT2D eigenvalue weighted by molar-refractivity contribution is -0.139. The van der Waals surface area contributed by atoms with E-state index in [1.54, 1.807) is 48.7 Å². The Kier molecular flexibility index (Phi) is 7.09. The lowest BCUT2D eigenvalue weighted by atomic mass is 10.1. The molecule has 9 heteroatoms. The summed E-state index contributed by atoms with van der Waals surface area (Å²) in [6, 6.07) is 11.8. The van der Waals surface area contributed by atoms with Crippen LogP contribution in [0, 0.1) is 0 Å². The standard InChI is InChI=1S/C23H18F3NO4S/c1-30-21(28)19-8-3-4-13-27(20(19)22(29)31-2)16-9-11-17(12-10-16)32-18-7-5-6-15(14-18)23(24,25)26/h3-14H,1-2H3. The van der Waals surface area contributed by atoms with Crippen LogP contribution in [0.25, 0.3) is 0 Å². The molecule has 0 aromatic heterocycles. The van der Waals surface area contributed by atoms with E-state index in [1.807, 2.05) is 0 Å².